The van der Waals surface area contributed by atoms with Gasteiger partial charge in [0.2, 0.25) is 5.91 Å². The number of carbonyl (C=O) groups is 1. The molecule has 0 aromatic rings. The van der Waals surface area contributed by atoms with E-state index in [1.807, 2.05) is 0 Å². The Morgan fingerprint density at radius 3 is 2.29 bits per heavy atom. The molecular weight excluding hydrogens is 176 g/mol. The van der Waals surface area contributed by atoms with Gasteiger partial charge in [-0.05, 0) is 51.0 Å². The summed E-state index contributed by atoms with van der Waals surface area (Å²) >= 11 is 0. The molecule has 0 bridgehead atoms. The Balaban J connectivity index is 1.73. The minimum Gasteiger partial charge on any atom is -0.353 e. The zero-order chi connectivity index (χ0) is 9.97. The highest BCUT2D eigenvalue weighted by Gasteiger charge is 2.29. The van der Waals surface area contributed by atoms with E-state index in [0.29, 0.717) is 17.9 Å². The average Bonchev–Trinajstić information content (AvgIpc) is 3.02. The van der Waals surface area contributed by atoms with Crippen LogP contribution in [0.25, 0.3) is 0 Å². The van der Waals surface area contributed by atoms with E-state index in [4.69, 9.17) is 5.73 Å². The Morgan fingerprint density at radius 2 is 1.79 bits per heavy atom. The topological polar surface area (TPSA) is 55.1 Å². The van der Waals surface area contributed by atoms with Gasteiger partial charge in [0, 0.05) is 12.0 Å². The van der Waals surface area contributed by atoms with Crippen molar-refractivity contribution in [1.29, 1.82) is 0 Å². The summed E-state index contributed by atoms with van der Waals surface area (Å²) in [6, 6.07) is 0.509. The molecular formula is C11H20N2O. The molecule has 3 nitrogen and oxygen atoms in total. The largest absolute Gasteiger partial charge is 0.353 e. The molecule has 0 unspecified atom stereocenters. The Bertz CT molecular complexity index is 205. The van der Waals surface area contributed by atoms with Gasteiger partial charge >= 0.3 is 0 Å². The van der Waals surface area contributed by atoms with Gasteiger partial charge in [0.1, 0.15) is 0 Å². The van der Waals surface area contributed by atoms with Crippen LogP contribution in [-0.2, 0) is 4.79 Å². The monoisotopic (exact) mass is 196 g/mol. The first-order chi connectivity index (χ1) is 6.79. The third kappa shape index (κ3) is 2.47. The predicted molar refractivity (Wildman–Crippen MR) is 55.7 cm³/mol. The molecule has 14 heavy (non-hydrogen) atoms. The van der Waals surface area contributed by atoms with E-state index in [9.17, 15) is 4.79 Å². The average molecular weight is 196 g/mol. The molecule has 0 aromatic carbocycles. The molecule has 2 aliphatic carbocycles. The quantitative estimate of drug-likeness (QED) is 0.708. The molecule has 0 aliphatic heterocycles. The molecule has 2 rings (SSSR count). The van der Waals surface area contributed by atoms with Crippen LogP contribution in [-0.4, -0.2) is 18.5 Å². The summed E-state index contributed by atoms with van der Waals surface area (Å²) in [5.74, 6) is 1.24. The number of amides is 1. The SMILES string of the molecule is NCC1CCC(C(=O)NC2CC2)CC1. The van der Waals surface area contributed by atoms with Crippen molar-refractivity contribution in [2.24, 2.45) is 17.6 Å². The molecule has 2 saturated carbocycles. The maximum absolute atomic E-state index is 11.7. The summed E-state index contributed by atoms with van der Waals surface area (Å²) in [5, 5.41) is 3.09. The fourth-order valence-electron chi connectivity index (χ4n) is 2.21. The van der Waals surface area contributed by atoms with Crippen LogP contribution in [0.3, 0.4) is 0 Å². The maximum Gasteiger partial charge on any atom is 0.223 e. The summed E-state index contributed by atoms with van der Waals surface area (Å²) < 4.78 is 0. The van der Waals surface area contributed by atoms with E-state index >= 15 is 0 Å². The van der Waals surface area contributed by atoms with E-state index < -0.39 is 0 Å². The lowest BCUT2D eigenvalue weighted by molar-refractivity contribution is -0.126. The van der Waals surface area contributed by atoms with Gasteiger partial charge in [-0.15, -0.1) is 0 Å². The smallest absolute Gasteiger partial charge is 0.223 e. The van der Waals surface area contributed by atoms with Crippen LogP contribution in [0.1, 0.15) is 38.5 Å². The van der Waals surface area contributed by atoms with Gasteiger partial charge < -0.3 is 11.1 Å². The van der Waals surface area contributed by atoms with Crippen LogP contribution in [0.15, 0.2) is 0 Å². The molecule has 1 amide bonds. The lowest BCUT2D eigenvalue weighted by Crippen LogP contribution is -2.35. The number of nitrogens with one attached hydrogen (secondary N) is 1. The van der Waals surface area contributed by atoms with Crippen molar-refractivity contribution in [3.05, 3.63) is 0 Å². The molecule has 0 radical (unpaired) electrons. The van der Waals surface area contributed by atoms with Gasteiger partial charge in [-0.1, -0.05) is 0 Å². The van der Waals surface area contributed by atoms with Crippen LogP contribution >= 0.6 is 0 Å². The third-order valence-corrected chi connectivity index (χ3v) is 3.47. The second-order valence-corrected chi connectivity index (χ2v) is 4.74. The van der Waals surface area contributed by atoms with Crippen LogP contribution in [0, 0.1) is 11.8 Å². The predicted octanol–water partition coefficient (Wildman–Crippen LogP) is 1.03. The molecule has 80 valence electrons. The minimum absolute atomic E-state index is 0.276. The van der Waals surface area contributed by atoms with Crippen molar-refractivity contribution >= 4 is 5.91 Å². The standard InChI is InChI=1S/C11H20N2O/c12-7-8-1-3-9(4-2-8)11(14)13-10-5-6-10/h8-10H,1-7,12H2,(H,13,14). The number of nitrogens with two attached hydrogens (primary N) is 1. The highest BCUT2D eigenvalue weighted by atomic mass is 16.2. The van der Waals surface area contributed by atoms with E-state index in [0.717, 1.165) is 32.2 Å². The first-order valence-corrected chi connectivity index (χ1v) is 5.80. The van der Waals surface area contributed by atoms with Crippen molar-refractivity contribution in [1.82, 2.24) is 5.32 Å². The first-order valence-electron chi connectivity index (χ1n) is 5.80. The number of rotatable bonds is 3. The molecule has 2 fully saturated rings. The molecule has 0 atom stereocenters. The van der Waals surface area contributed by atoms with Crippen molar-refractivity contribution < 1.29 is 4.79 Å². The first kappa shape index (κ1) is 9.97. The molecule has 0 spiro atoms. The fraction of sp³-hybridized carbons (Fsp3) is 0.909. The normalized spacial score (nSPS) is 32.6. The number of hydrogen-bond acceptors (Lipinski definition) is 2. The van der Waals surface area contributed by atoms with Crippen molar-refractivity contribution in [2.75, 3.05) is 6.54 Å². The van der Waals surface area contributed by atoms with E-state index in [-0.39, 0.29) is 5.92 Å². The van der Waals surface area contributed by atoms with E-state index in [1.54, 1.807) is 0 Å². The van der Waals surface area contributed by atoms with Gasteiger partial charge in [0.25, 0.3) is 0 Å². The molecule has 0 aromatic heterocycles. The zero-order valence-electron chi connectivity index (χ0n) is 8.67. The van der Waals surface area contributed by atoms with Crippen LogP contribution < -0.4 is 11.1 Å². The number of hydrogen-bond donors (Lipinski definition) is 2. The fourth-order valence-corrected chi connectivity index (χ4v) is 2.21. The van der Waals surface area contributed by atoms with Crippen LogP contribution in [0.2, 0.25) is 0 Å². The summed E-state index contributed by atoms with van der Waals surface area (Å²) in [6.45, 7) is 0.789. The molecule has 0 saturated heterocycles. The zero-order valence-corrected chi connectivity index (χ0v) is 8.67. The minimum atomic E-state index is 0.276. The van der Waals surface area contributed by atoms with E-state index in [2.05, 4.69) is 5.32 Å². The Labute approximate surface area is 85.4 Å². The summed E-state index contributed by atoms with van der Waals surface area (Å²) in [6.07, 6.45) is 6.73. The Hall–Kier alpha value is -0.570. The lowest BCUT2D eigenvalue weighted by atomic mass is 9.81. The van der Waals surface area contributed by atoms with Crippen molar-refractivity contribution in [3.63, 3.8) is 0 Å². The van der Waals surface area contributed by atoms with Gasteiger partial charge in [-0.3, -0.25) is 4.79 Å². The van der Waals surface area contributed by atoms with E-state index in [1.165, 1.54) is 12.8 Å². The van der Waals surface area contributed by atoms with Gasteiger partial charge in [-0.2, -0.15) is 0 Å². The second kappa shape index (κ2) is 4.30. The number of carbonyl (C=O) groups excluding carboxylic acids is 1. The van der Waals surface area contributed by atoms with Crippen molar-refractivity contribution in [3.8, 4) is 0 Å². The van der Waals surface area contributed by atoms with Gasteiger partial charge in [0.15, 0.2) is 0 Å². The Kier molecular flexibility index (Phi) is 3.06. The summed E-state index contributed by atoms with van der Waals surface area (Å²) in [7, 11) is 0. The Morgan fingerprint density at radius 1 is 1.14 bits per heavy atom. The molecule has 0 heterocycles. The van der Waals surface area contributed by atoms with Crippen molar-refractivity contribution in [2.45, 2.75) is 44.6 Å². The highest BCUT2D eigenvalue weighted by Crippen LogP contribution is 2.29. The molecule has 3 N–H and O–H groups in total. The van der Waals surface area contributed by atoms with Gasteiger partial charge in [-0.25, -0.2) is 0 Å². The second-order valence-electron chi connectivity index (χ2n) is 4.74. The summed E-state index contributed by atoms with van der Waals surface area (Å²) in [5.41, 5.74) is 5.61. The lowest BCUT2D eigenvalue weighted by Gasteiger charge is -2.26. The maximum atomic E-state index is 11.7. The van der Waals surface area contributed by atoms with Crippen LogP contribution in [0.4, 0.5) is 0 Å². The highest BCUT2D eigenvalue weighted by molar-refractivity contribution is 5.79. The van der Waals surface area contributed by atoms with Crippen LogP contribution in [0.5, 0.6) is 0 Å². The summed E-state index contributed by atoms with van der Waals surface area (Å²) in [4.78, 5) is 11.7. The molecule has 3 heteroatoms. The molecule has 2 aliphatic rings. The van der Waals surface area contributed by atoms with Gasteiger partial charge in [0.05, 0.1) is 0 Å². The third-order valence-electron chi connectivity index (χ3n) is 3.47.